The summed E-state index contributed by atoms with van der Waals surface area (Å²) in [5.74, 6) is -2.47. The topological polar surface area (TPSA) is 63.7 Å². The van der Waals surface area contributed by atoms with Gasteiger partial charge in [0.1, 0.15) is 11.7 Å². The van der Waals surface area contributed by atoms with Crippen molar-refractivity contribution in [1.82, 2.24) is 4.90 Å². The zero-order valence-corrected chi connectivity index (χ0v) is 11.7. The van der Waals surface area contributed by atoms with Crippen LogP contribution in [0.1, 0.15) is 12.0 Å². The van der Waals surface area contributed by atoms with Crippen LogP contribution >= 0.6 is 0 Å². The van der Waals surface area contributed by atoms with Crippen LogP contribution in [0, 0.1) is 11.7 Å². The van der Waals surface area contributed by atoms with Crippen LogP contribution in [-0.2, 0) is 25.5 Å². The number of methoxy groups -OCH3 is 1. The molecule has 1 aliphatic heterocycles. The second-order valence-corrected chi connectivity index (χ2v) is 4.91. The fourth-order valence-electron chi connectivity index (χ4n) is 2.34. The van der Waals surface area contributed by atoms with Gasteiger partial charge >= 0.3 is 5.97 Å². The molecule has 1 fully saturated rings. The van der Waals surface area contributed by atoms with Crippen molar-refractivity contribution < 1.29 is 23.5 Å². The lowest BCUT2D eigenvalue weighted by atomic mass is 9.95. The van der Waals surface area contributed by atoms with Gasteiger partial charge in [-0.15, -0.1) is 0 Å². The van der Waals surface area contributed by atoms with E-state index in [4.69, 9.17) is 0 Å². The summed E-state index contributed by atoms with van der Waals surface area (Å²) in [6, 6.07) is 6.03. The van der Waals surface area contributed by atoms with Gasteiger partial charge in [-0.2, -0.15) is 0 Å². The van der Waals surface area contributed by atoms with Crippen molar-refractivity contribution >= 4 is 17.7 Å². The van der Waals surface area contributed by atoms with Crippen LogP contribution in [0.4, 0.5) is 4.39 Å². The van der Waals surface area contributed by atoms with Crippen molar-refractivity contribution in [2.45, 2.75) is 12.8 Å². The summed E-state index contributed by atoms with van der Waals surface area (Å²) in [5, 5.41) is 0. The van der Waals surface area contributed by atoms with Crippen LogP contribution in [0.15, 0.2) is 24.3 Å². The molecule has 0 saturated carbocycles. The Hall–Kier alpha value is -2.24. The maximum absolute atomic E-state index is 13.5. The van der Waals surface area contributed by atoms with Gasteiger partial charge in [-0.3, -0.25) is 14.4 Å². The smallest absolute Gasteiger partial charge is 0.316 e. The number of amides is 1. The summed E-state index contributed by atoms with van der Waals surface area (Å²) in [6.45, 7) is 0.159. The molecule has 1 heterocycles. The number of Topliss-reactive ketones (excluding diaryl/α,β-unsaturated/α-hetero) is 1. The molecule has 0 aromatic heterocycles. The Morgan fingerprint density at radius 2 is 2.10 bits per heavy atom. The Morgan fingerprint density at radius 3 is 2.71 bits per heavy atom. The van der Waals surface area contributed by atoms with Gasteiger partial charge in [-0.05, 0) is 18.1 Å². The second kappa shape index (κ2) is 6.47. The molecule has 112 valence electrons. The Bertz CT molecular complexity index is 573. The van der Waals surface area contributed by atoms with E-state index in [0.717, 1.165) is 0 Å². The van der Waals surface area contributed by atoms with E-state index in [1.54, 1.807) is 12.1 Å². The molecule has 6 heteroatoms. The molecule has 1 saturated heterocycles. The molecule has 1 aromatic rings. The lowest BCUT2D eigenvalue weighted by molar-refractivity contribution is -0.154. The van der Waals surface area contributed by atoms with Gasteiger partial charge in [0.05, 0.1) is 20.1 Å². The highest BCUT2D eigenvalue weighted by Gasteiger charge is 2.34. The van der Waals surface area contributed by atoms with E-state index in [0.29, 0.717) is 12.1 Å². The van der Waals surface area contributed by atoms with E-state index in [9.17, 15) is 18.8 Å². The molecule has 21 heavy (non-hydrogen) atoms. The first-order valence-electron chi connectivity index (χ1n) is 6.64. The Kier molecular flexibility index (Phi) is 4.67. The van der Waals surface area contributed by atoms with Crippen molar-refractivity contribution in [1.29, 1.82) is 0 Å². The van der Waals surface area contributed by atoms with Crippen molar-refractivity contribution in [3.63, 3.8) is 0 Å². The molecule has 0 radical (unpaired) electrons. The number of halogens is 1. The maximum Gasteiger partial charge on any atom is 0.316 e. The van der Waals surface area contributed by atoms with E-state index >= 15 is 0 Å². The van der Waals surface area contributed by atoms with Crippen LogP contribution in [0.5, 0.6) is 0 Å². The first kappa shape index (κ1) is 15.2. The number of benzene rings is 1. The quantitative estimate of drug-likeness (QED) is 0.615. The molecule has 1 aliphatic rings. The average Bonchev–Trinajstić information content (AvgIpc) is 2.48. The number of nitrogens with zero attached hydrogens (tertiary/aromatic N) is 1. The monoisotopic (exact) mass is 293 g/mol. The number of ether oxygens (including phenoxy) is 1. The number of carbonyl (C=O) groups is 3. The molecule has 1 unspecified atom stereocenters. The molecule has 0 N–H and O–H groups in total. The van der Waals surface area contributed by atoms with Gasteiger partial charge in [0.15, 0.2) is 5.78 Å². The molecule has 2 rings (SSSR count). The zero-order chi connectivity index (χ0) is 15.4. The predicted molar refractivity (Wildman–Crippen MR) is 71.8 cm³/mol. The number of esters is 1. The minimum Gasteiger partial charge on any atom is -0.468 e. The van der Waals surface area contributed by atoms with Gasteiger partial charge in [0, 0.05) is 6.54 Å². The molecular weight excluding hydrogens is 277 g/mol. The summed E-state index contributed by atoms with van der Waals surface area (Å²) in [5.41, 5.74) is 0.296. The summed E-state index contributed by atoms with van der Waals surface area (Å²) in [7, 11) is 1.23. The molecule has 0 aliphatic carbocycles. The zero-order valence-electron chi connectivity index (χ0n) is 11.7. The lowest BCUT2D eigenvalue weighted by Gasteiger charge is -2.29. The number of hydrogen-bond donors (Lipinski definition) is 0. The van der Waals surface area contributed by atoms with E-state index in [-0.39, 0.29) is 31.1 Å². The number of ketones is 1. The summed E-state index contributed by atoms with van der Waals surface area (Å²) in [6.07, 6.45) is 0.150. The van der Waals surface area contributed by atoms with Crippen LogP contribution in [0.25, 0.3) is 0 Å². The van der Waals surface area contributed by atoms with E-state index in [1.165, 1.54) is 24.1 Å². The minimum absolute atomic E-state index is 0.0944. The molecule has 0 bridgehead atoms. The van der Waals surface area contributed by atoms with Gasteiger partial charge < -0.3 is 9.64 Å². The summed E-state index contributed by atoms with van der Waals surface area (Å²) >= 11 is 0. The van der Waals surface area contributed by atoms with Crippen LogP contribution in [0.3, 0.4) is 0 Å². The summed E-state index contributed by atoms with van der Waals surface area (Å²) in [4.78, 5) is 36.7. The van der Waals surface area contributed by atoms with E-state index in [1.807, 2.05) is 0 Å². The SMILES string of the molecule is COC(=O)C1CCN(C(=O)Cc2ccccc2F)CC1=O. The highest BCUT2D eigenvalue weighted by atomic mass is 19.1. The van der Waals surface area contributed by atoms with E-state index in [2.05, 4.69) is 4.74 Å². The second-order valence-electron chi connectivity index (χ2n) is 4.91. The number of hydrogen-bond acceptors (Lipinski definition) is 4. The van der Waals surface area contributed by atoms with Gasteiger partial charge in [0.25, 0.3) is 0 Å². The highest BCUT2D eigenvalue weighted by Crippen LogP contribution is 2.17. The first-order chi connectivity index (χ1) is 10.0. The Balaban J connectivity index is 1.98. The van der Waals surface area contributed by atoms with Gasteiger partial charge in [0.2, 0.25) is 5.91 Å². The fourth-order valence-corrected chi connectivity index (χ4v) is 2.34. The number of piperidine rings is 1. The third-order valence-electron chi connectivity index (χ3n) is 3.56. The van der Waals surface area contributed by atoms with Crippen molar-refractivity contribution in [3.05, 3.63) is 35.6 Å². The number of rotatable bonds is 3. The Morgan fingerprint density at radius 1 is 1.38 bits per heavy atom. The number of carbonyl (C=O) groups excluding carboxylic acids is 3. The predicted octanol–water partition coefficient (Wildman–Crippen LogP) is 0.959. The molecule has 0 spiro atoms. The molecular formula is C15H16FNO4. The largest absolute Gasteiger partial charge is 0.468 e. The van der Waals surface area contributed by atoms with Crippen molar-refractivity contribution in [2.75, 3.05) is 20.2 Å². The van der Waals surface area contributed by atoms with Crippen LogP contribution in [0.2, 0.25) is 0 Å². The van der Waals surface area contributed by atoms with Crippen LogP contribution < -0.4 is 0 Å². The lowest BCUT2D eigenvalue weighted by Crippen LogP contribution is -2.47. The summed E-state index contributed by atoms with van der Waals surface area (Å²) < 4.78 is 18.1. The maximum atomic E-state index is 13.5. The molecule has 5 nitrogen and oxygen atoms in total. The van der Waals surface area contributed by atoms with Crippen LogP contribution in [-0.4, -0.2) is 42.8 Å². The molecule has 1 amide bonds. The normalized spacial score (nSPS) is 18.5. The third-order valence-corrected chi connectivity index (χ3v) is 3.56. The highest BCUT2D eigenvalue weighted by molar-refractivity contribution is 6.02. The van der Waals surface area contributed by atoms with Crippen molar-refractivity contribution in [2.24, 2.45) is 5.92 Å². The Labute approximate surface area is 121 Å². The van der Waals surface area contributed by atoms with Crippen molar-refractivity contribution in [3.8, 4) is 0 Å². The third kappa shape index (κ3) is 3.45. The number of likely N-dealkylation sites (tertiary alicyclic amines) is 1. The molecule has 1 atom stereocenters. The minimum atomic E-state index is -0.799. The standard InChI is InChI=1S/C15H16FNO4/c1-21-15(20)11-6-7-17(9-13(11)18)14(19)8-10-4-2-3-5-12(10)16/h2-5,11H,6-9H2,1H3. The fraction of sp³-hybridized carbons (Fsp3) is 0.400. The van der Waals surface area contributed by atoms with E-state index < -0.39 is 17.7 Å². The van der Waals surface area contributed by atoms with Gasteiger partial charge in [-0.25, -0.2) is 4.39 Å². The average molecular weight is 293 g/mol. The first-order valence-corrected chi connectivity index (χ1v) is 6.64. The van der Waals surface area contributed by atoms with Gasteiger partial charge in [-0.1, -0.05) is 18.2 Å². The molecule has 1 aromatic carbocycles.